The van der Waals surface area contributed by atoms with E-state index in [2.05, 4.69) is 10.6 Å². The molecule has 1 aliphatic rings. The zero-order valence-corrected chi connectivity index (χ0v) is 9.60. The Labute approximate surface area is 96.3 Å². The highest BCUT2D eigenvalue weighted by Gasteiger charge is 2.17. The number of hydrogen-bond acceptors (Lipinski definition) is 3. The Hall–Kier alpha value is -0.770. The third-order valence-electron chi connectivity index (χ3n) is 2.60. The topological polar surface area (TPSA) is 44.3 Å². The molecule has 84 valence electrons. The molecule has 1 saturated heterocycles. The highest BCUT2D eigenvalue weighted by atomic mass is 35.5. The minimum atomic E-state index is 0. The van der Waals surface area contributed by atoms with Gasteiger partial charge in [0.05, 0.1) is 0 Å². The lowest BCUT2D eigenvalue weighted by atomic mass is 10.0. The van der Waals surface area contributed by atoms with E-state index in [4.69, 9.17) is 0 Å². The molecule has 0 bridgehead atoms. The molecule has 0 radical (unpaired) electrons. The normalized spacial score (nSPS) is 20.7. The number of aromatic hydroxyl groups is 1. The van der Waals surface area contributed by atoms with E-state index in [9.17, 15) is 5.11 Å². The van der Waals surface area contributed by atoms with E-state index >= 15 is 0 Å². The van der Waals surface area contributed by atoms with Gasteiger partial charge in [-0.3, -0.25) is 0 Å². The van der Waals surface area contributed by atoms with Crippen LogP contribution in [0.4, 0.5) is 0 Å². The summed E-state index contributed by atoms with van der Waals surface area (Å²) in [4.78, 5) is 0. The van der Waals surface area contributed by atoms with Gasteiger partial charge < -0.3 is 15.7 Å². The molecule has 0 amide bonds. The highest BCUT2D eigenvalue weighted by Crippen LogP contribution is 2.25. The SMILES string of the molecule is Cc1ccc(O)c([C@@H]2CNCCN2)c1.Cl. The number of phenols is 1. The highest BCUT2D eigenvalue weighted by molar-refractivity contribution is 5.85. The average Bonchev–Trinajstić information content (AvgIpc) is 2.23. The van der Waals surface area contributed by atoms with Crippen molar-refractivity contribution in [2.24, 2.45) is 0 Å². The quantitative estimate of drug-likeness (QED) is 0.680. The molecule has 1 atom stereocenters. The van der Waals surface area contributed by atoms with Crippen molar-refractivity contribution in [1.82, 2.24) is 10.6 Å². The Morgan fingerprint density at radius 3 is 2.80 bits per heavy atom. The van der Waals surface area contributed by atoms with Crippen molar-refractivity contribution >= 4 is 12.4 Å². The summed E-state index contributed by atoms with van der Waals surface area (Å²) in [5.74, 6) is 0.386. The molecule has 1 aromatic rings. The van der Waals surface area contributed by atoms with Crippen LogP contribution >= 0.6 is 12.4 Å². The Morgan fingerprint density at radius 1 is 1.33 bits per heavy atom. The predicted molar refractivity (Wildman–Crippen MR) is 63.7 cm³/mol. The van der Waals surface area contributed by atoms with Crippen molar-refractivity contribution in [2.75, 3.05) is 19.6 Å². The van der Waals surface area contributed by atoms with Crippen molar-refractivity contribution in [2.45, 2.75) is 13.0 Å². The molecule has 4 heteroatoms. The summed E-state index contributed by atoms with van der Waals surface area (Å²) in [6.07, 6.45) is 0. The zero-order valence-electron chi connectivity index (χ0n) is 8.79. The standard InChI is InChI=1S/C11H16N2O.ClH/c1-8-2-3-11(14)9(6-8)10-7-12-4-5-13-10;/h2-3,6,10,12-14H,4-5,7H2,1H3;1H/t10-;/m0./s1. The van der Waals surface area contributed by atoms with Gasteiger partial charge in [-0.1, -0.05) is 17.7 Å². The summed E-state index contributed by atoms with van der Waals surface area (Å²) in [5, 5.41) is 16.4. The van der Waals surface area contributed by atoms with E-state index < -0.39 is 0 Å². The fraction of sp³-hybridized carbons (Fsp3) is 0.455. The number of halogens is 1. The van der Waals surface area contributed by atoms with Gasteiger partial charge in [-0.25, -0.2) is 0 Å². The number of nitrogens with one attached hydrogen (secondary N) is 2. The van der Waals surface area contributed by atoms with Gasteiger partial charge in [0, 0.05) is 31.2 Å². The van der Waals surface area contributed by atoms with Crippen molar-refractivity contribution in [3.63, 3.8) is 0 Å². The maximum absolute atomic E-state index is 9.72. The maximum atomic E-state index is 9.72. The largest absolute Gasteiger partial charge is 0.508 e. The van der Waals surface area contributed by atoms with Crippen LogP contribution < -0.4 is 10.6 Å². The maximum Gasteiger partial charge on any atom is 0.120 e. The van der Waals surface area contributed by atoms with Crippen LogP contribution in [0.2, 0.25) is 0 Å². The summed E-state index contributed by atoms with van der Waals surface area (Å²) in [7, 11) is 0. The first-order valence-corrected chi connectivity index (χ1v) is 5.01. The second-order valence-corrected chi connectivity index (χ2v) is 3.77. The van der Waals surface area contributed by atoms with Gasteiger partial charge in [0.15, 0.2) is 0 Å². The number of piperazine rings is 1. The summed E-state index contributed by atoms with van der Waals surface area (Å²) < 4.78 is 0. The second kappa shape index (κ2) is 5.35. The Bertz CT molecular complexity index is 324. The van der Waals surface area contributed by atoms with Crippen molar-refractivity contribution < 1.29 is 5.11 Å². The molecule has 0 unspecified atom stereocenters. The third kappa shape index (κ3) is 2.84. The second-order valence-electron chi connectivity index (χ2n) is 3.77. The predicted octanol–water partition coefficient (Wildman–Crippen LogP) is 1.36. The fourth-order valence-electron chi connectivity index (χ4n) is 1.83. The van der Waals surface area contributed by atoms with Crippen LogP contribution in [0.25, 0.3) is 0 Å². The number of aryl methyl sites for hydroxylation is 1. The van der Waals surface area contributed by atoms with Gasteiger partial charge >= 0.3 is 0 Å². The molecule has 0 aliphatic carbocycles. The summed E-state index contributed by atoms with van der Waals surface area (Å²) in [6.45, 7) is 4.89. The van der Waals surface area contributed by atoms with Crippen LogP contribution in [0.15, 0.2) is 18.2 Å². The van der Waals surface area contributed by atoms with Gasteiger partial charge in [-0.15, -0.1) is 12.4 Å². The first-order chi connectivity index (χ1) is 6.77. The van der Waals surface area contributed by atoms with Crippen LogP contribution in [0.5, 0.6) is 5.75 Å². The lowest BCUT2D eigenvalue weighted by Gasteiger charge is -2.25. The molecule has 3 nitrogen and oxygen atoms in total. The summed E-state index contributed by atoms with van der Waals surface area (Å²) >= 11 is 0. The van der Waals surface area contributed by atoms with Gasteiger partial charge in [0.2, 0.25) is 0 Å². The zero-order chi connectivity index (χ0) is 9.97. The smallest absolute Gasteiger partial charge is 0.120 e. The van der Waals surface area contributed by atoms with Crippen molar-refractivity contribution in [1.29, 1.82) is 0 Å². The Kier molecular flexibility index (Phi) is 4.39. The monoisotopic (exact) mass is 228 g/mol. The molecule has 1 aromatic carbocycles. The van der Waals surface area contributed by atoms with Gasteiger partial charge in [-0.2, -0.15) is 0 Å². The van der Waals surface area contributed by atoms with E-state index in [1.807, 2.05) is 19.1 Å². The van der Waals surface area contributed by atoms with Crippen molar-refractivity contribution in [3.05, 3.63) is 29.3 Å². The molecule has 0 aromatic heterocycles. The molecular formula is C11H17ClN2O. The molecule has 0 spiro atoms. The summed E-state index contributed by atoms with van der Waals surface area (Å²) in [6, 6.07) is 5.97. The van der Waals surface area contributed by atoms with Crippen LogP contribution in [0.3, 0.4) is 0 Å². The van der Waals surface area contributed by atoms with Crippen LogP contribution in [-0.4, -0.2) is 24.7 Å². The number of phenolic OH excluding ortho intramolecular Hbond substituents is 1. The first-order valence-electron chi connectivity index (χ1n) is 5.01. The molecule has 2 rings (SSSR count). The molecule has 1 fully saturated rings. The molecule has 3 N–H and O–H groups in total. The average molecular weight is 229 g/mol. The number of hydrogen-bond donors (Lipinski definition) is 3. The van der Waals surface area contributed by atoms with Crippen LogP contribution in [0, 0.1) is 6.92 Å². The Balaban J connectivity index is 0.00000112. The third-order valence-corrected chi connectivity index (χ3v) is 2.60. The molecule has 0 saturated carbocycles. The van der Waals surface area contributed by atoms with Gasteiger partial charge in [0.25, 0.3) is 0 Å². The van der Waals surface area contributed by atoms with E-state index in [0.29, 0.717) is 5.75 Å². The molecular weight excluding hydrogens is 212 g/mol. The van der Waals surface area contributed by atoms with Crippen LogP contribution in [-0.2, 0) is 0 Å². The van der Waals surface area contributed by atoms with Gasteiger partial charge in [0.1, 0.15) is 5.75 Å². The minimum absolute atomic E-state index is 0. The number of benzene rings is 1. The van der Waals surface area contributed by atoms with Crippen molar-refractivity contribution in [3.8, 4) is 5.75 Å². The molecule has 15 heavy (non-hydrogen) atoms. The Morgan fingerprint density at radius 2 is 2.13 bits per heavy atom. The molecule has 1 aliphatic heterocycles. The lowest BCUT2D eigenvalue weighted by molar-refractivity contribution is 0.404. The van der Waals surface area contributed by atoms with E-state index in [0.717, 1.165) is 25.2 Å². The fourth-order valence-corrected chi connectivity index (χ4v) is 1.83. The van der Waals surface area contributed by atoms with E-state index in [-0.39, 0.29) is 18.4 Å². The first kappa shape index (κ1) is 12.3. The van der Waals surface area contributed by atoms with E-state index in [1.54, 1.807) is 6.07 Å². The minimum Gasteiger partial charge on any atom is -0.508 e. The van der Waals surface area contributed by atoms with Crippen LogP contribution in [0.1, 0.15) is 17.2 Å². The van der Waals surface area contributed by atoms with E-state index in [1.165, 1.54) is 5.56 Å². The lowest BCUT2D eigenvalue weighted by Crippen LogP contribution is -2.42. The van der Waals surface area contributed by atoms with Gasteiger partial charge in [-0.05, 0) is 13.0 Å². The molecule has 1 heterocycles. The number of rotatable bonds is 1. The summed E-state index contributed by atoms with van der Waals surface area (Å²) in [5.41, 5.74) is 2.18.